The normalized spacial score (nSPS) is 14.3. The summed E-state index contributed by atoms with van der Waals surface area (Å²) in [5, 5.41) is 12.0. The van der Waals surface area contributed by atoms with E-state index in [1.807, 2.05) is 58.8 Å². The van der Waals surface area contributed by atoms with Gasteiger partial charge in [0.1, 0.15) is 0 Å². The van der Waals surface area contributed by atoms with Crippen LogP contribution in [0.15, 0.2) is 60.9 Å². The molecule has 0 amide bonds. The Balaban J connectivity index is 1.13. The Morgan fingerprint density at radius 1 is 0.848 bits per heavy atom. The zero-order valence-corrected chi connectivity index (χ0v) is 19.1. The Kier molecular flexibility index (Phi) is 4.99. The van der Waals surface area contributed by atoms with Crippen LogP contribution in [0, 0.1) is 0 Å². The Labute approximate surface area is 195 Å². The number of piperazine rings is 1. The molecule has 0 radical (unpaired) electrons. The lowest BCUT2D eigenvalue weighted by Crippen LogP contribution is -2.47. The quantitative estimate of drug-likeness (QED) is 0.401. The first-order valence-corrected chi connectivity index (χ1v) is 11.8. The molecule has 33 heavy (non-hydrogen) atoms. The van der Waals surface area contributed by atoms with Crippen LogP contribution in [-0.4, -0.2) is 60.5 Å². The van der Waals surface area contributed by atoms with Gasteiger partial charge in [0, 0.05) is 87.1 Å². The summed E-state index contributed by atoms with van der Waals surface area (Å²) >= 11 is 1.66. The summed E-state index contributed by atoms with van der Waals surface area (Å²) in [6.07, 6.45) is 14.4. The van der Waals surface area contributed by atoms with Crippen molar-refractivity contribution in [3.05, 3.63) is 71.5 Å². The molecule has 9 nitrogen and oxygen atoms in total. The van der Waals surface area contributed by atoms with E-state index in [0.29, 0.717) is 0 Å². The maximum absolute atomic E-state index is 4.61. The van der Waals surface area contributed by atoms with Crippen LogP contribution in [0.1, 0.15) is 10.6 Å². The van der Waals surface area contributed by atoms with Crippen LogP contribution in [0.3, 0.4) is 0 Å². The molecule has 0 saturated carbocycles. The molecule has 0 N–H and O–H groups in total. The Morgan fingerprint density at radius 2 is 1.67 bits per heavy atom. The van der Waals surface area contributed by atoms with E-state index in [1.165, 1.54) is 0 Å². The molecule has 0 unspecified atom stereocenters. The molecule has 1 aliphatic heterocycles. The third-order valence-corrected chi connectivity index (χ3v) is 6.75. The van der Waals surface area contributed by atoms with Crippen molar-refractivity contribution in [1.82, 2.24) is 34.3 Å². The van der Waals surface area contributed by atoms with Crippen LogP contribution in [0.25, 0.3) is 16.6 Å². The number of aromatic nitrogens is 7. The molecule has 1 aliphatic rings. The minimum atomic E-state index is 0.781. The van der Waals surface area contributed by atoms with Gasteiger partial charge in [-0.3, -0.25) is 4.68 Å². The number of thiazole rings is 1. The lowest BCUT2D eigenvalue weighted by atomic mass is 10.1. The number of hydrogen-bond acceptors (Lipinski definition) is 8. The van der Waals surface area contributed by atoms with Crippen LogP contribution in [0.4, 0.5) is 11.6 Å². The van der Waals surface area contributed by atoms with Crippen LogP contribution in [-0.2, 0) is 13.5 Å². The van der Waals surface area contributed by atoms with Gasteiger partial charge in [-0.15, -0.1) is 11.3 Å². The second-order valence-electron chi connectivity index (χ2n) is 8.15. The Bertz CT molecular complexity index is 1360. The summed E-state index contributed by atoms with van der Waals surface area (Å²) in [5.74, 6) is 0.790. The molecule has 0 atom stereocenters. The van der Waals surface area contributed by atoms with Crippen molar-refractivity contribution in [3.8, 4) is 11.1 Å². The van der Waals surface area contributed by atoms with Gasteiger partial charge in [0.25, 0.3) is 0 Å². The number of hydrogen-bond donors (Lipinski definition) is 0. The lowest BCUT2D eigenvalue weighted by molar-refractivity contribution is 0.641. The molecular formula is C23H23N9S. The molecule has 1 saturated heterocycles. The van der Waals surface area contributed by atoms with Gasteiger partial charge in [0.2, 0.25) is 5.95 Å². The van der Waals surface area contributed by atoms with E-state index in [0.717, 1.165) is 71.5 Å². The van der Waals surface area contributed by atoms with Gasteiger partial charge in [-0.1, -0.05) is 6.07 Å². The molecule has 5 aromatic rings. The average Bonchev–Trinajstić information content (AvgIpc) is 3.61. The van der Waals surface area contributed by atoms with Crippen LogP contribution >= 0.6 is 11.3 Å². The molecule has 0 aliphatic carbocycles. The summed E-state index contributed by atoms with van der Waals surface area (Å²) in [6, 6.07) is 4.27. The zero-order valence-electron chi connectivity index (χ0n) is 18.2. The van der Waals surface area contributed by atoms with Crippen molar-refractivity contribution in [3.63, 3.8) is 0 Å². The highest BCUT2D eigenvalue weighted by Crippen LogP contribution is 2.26. The van der Waals surface area contributed by atoms with Gasteiger partial charge in [0.15, 0.2) is 0 Å². The highest BCUT2D eigenvalue weighted by molar-refractivity contribution is 7.09. The van der Waals surface area contributed by atoms with Gasteiger partial charge in [-0.05, 0) is 11.6 Å². The smallest absolute Gasteiger partial charge is 0.225 e. The van der Waals surface area contributed by atoms with Crippen LogP contribution in [0.5, 0.6) is 0 Å². The molecular weight excluding hydrogens is 434 g/mol. The Morgan fingerprint density at radius 3 is 2.39 bits per heavy atom. The largest absolute Gasteiger partial charge is 0.365 e. The van der Waals surface area contributed by atoms with E-state index in [-0.39, 0.29) is 0 Å². The number of nitrogens with zero attached hydrogens (tertiary/aromatic N) is 9. The number of pyridine rings is 1. The van der Waals surface area contributed by atoms with Gasteiger partial charge in [-0.2, -0.15) is 10.2 Å². The Hall–Kier alpha value is -3.79. The summed E-state index contributed by atoms with van der Waals surface area (Å²) in [7, 11) is 1.93. The first-order valence-electron chi connectivity index (χ1n) is 10.9. The maximum Gasteiger partial charge on any atom is 0.225 e. The van der Waals surface area contributed by atoms with Crippen LogP contribution < -0.4 is 9.80 Å². The minimum absolute atomic E-state index is 0.781. The van der Waals surface area contributed by atoms with Crippen molar-refractivity contribution < 1.29 is 0 Å². The molecule has 1 fully saturated rings. The van der Waals surface area contributed by atoms with Crippen LogP contribution in [0.2, 0.25) is 0 Å². The molecule has 0 aromatic carbocycles. The van der Waals surface area contributed by atoms with Crippen molar-refractivity contribution in [2.75, 3.05) is 36.0 Å². The van der Waals surface area contributed by atoms with Gasteiger partial charge in [0.05, 0.1) is 28.6 Å². The molecule has 166 valence electrons. The van der Waals surface area contributed by atoms with E-state index in [2.05, 4.69) is 53.3 Å². The third-order valence-electron chi connectivity index (χ3n) is 5.97. The summed E-state index contributed by atoms with van der Waals surface area (Å²) < 4.78 is 3.76. The van der Waals surface area contributed by atoms with Crippen molar-refractivity contribution in [2.45, 2.75) is 6.42 Å². The van der Waals surface area contributed by atoms with Crippen molar-refractivity contribution >= 4 is 28.5 Å². The lowest BCUT2D eigenvalue weighted by Gasteiger charge is -2.35. The predicted molar refractivity (Wildman–Crippen MR) is 129 cm³/mol. The monoisotopic (exact) mass is 457 g/mol. The highest BCUT2D eigenvalue weighted by Gasteiger charge is 2.21. The van der Waals surface area contributed by atoms with E-state index < -0.39 is 0 Å². The minimum Gasteiger partial charge on any atom is -0.365 e. The second-order valence-corrected chi connectivity index (χ2v) is 9.13. The molecule has 0 spiro atoms. The highest BCUT2D eigenvalue weighted by atomic mass is 32.1. The van der Waals surface area contributed by atoms with E-state index >= 15 is 0 Å². The number of fused-ring (bicyclic) bond motifs is 1. The molecule has 6 heterocycles. The maximum atomic E-state index is 4.61. The SMILES string of the molecule is Cn1cc(-c2ccc3c(N4CCN(c5ncc(Cc6nccs6)cn5)CC4)cnn3c2)cn1. The van der Waals surface area contributed by atoms with Crippen molar-refractivity contribution in [1.29, 1.82) is 0 Å². The van der Waals surface area contributed by atoms with Gasteiger partial charge in [-0.25, -0.2) is 19.5 Å². The van der Waals surface area contributed by atoms with Gasteiger partial charge >= 0.3 is 0 Å². The first-order chi connectivity index (χ1) is 16.2. The number of rotatable bonds is 5. The summed E-state index contributed by atoms with van der Waals surface area (Å²) in [4.78, 5) is 18.2. The van der Waals surface area contributed by atoms with E-state index in [1.54, 1.807) is 11.3 Å². The van der Waals surface area contributed by atoms with E-state index in [4.69, 9.17) is 0 Å². The van der Waals surface area contributed by atoms with Crippen molar-refractivity contribution in [2.24, 2.45) is 7.05 Å². The molecule has 0 bridgehead atoms. The number of anilines is 2. The van der Waals surface area contributed by atoms with Gasteiger partial charge < -0.3 is 9.80 Å². The fraction of sp³-hybridized carbons (Fsp3) is 0.261. The average molecular weight is 458 g/mol. The second kappa shape index (κ2) is 8.28. The fourth-order valence-electron chi connectivity index (χ4n) is 4.22. The standard InChI is InChI=1S/C23H23N9S/c1-29-15-19(13-27-29)18-2-3-20-21(14-28-32(20)16-18)30-5-7-31(8-6-30)23-25-11-17(12-26-23)10-22-24-4-9-33-22/h2-4,9,11-16H,5-8,10H2,1H3. The molecule has 10 heteroatoms. The topological polar surface area (TPSA) is 80.3 Å². The molecule has 5 aromatic heterocycles. The molecule has 6 rings (SSSR count). The zero-order chi connectivity index (χ0) is 22.2. The van der Waals surface area contributed by atoms with E-state index in [9.17, 15) is 0 Å². The fourth-order valence-corrected chi connectivity index (χ4v) is 4.87. The summed E-state index contributed by atoms with van der Waals surface area (Å²) in [6.45, 7) is 3.54. The number of aryl methyl sites for hydroxylation is 1. The first kappa shape index (κ1) is 19.9. The third kappa shape index (κ3) is 3.93. The predicted octanol–water partition coefficient (Wildman–Crippen LogP) is 2.90. The summed E-state index contributed by atoms with van der Waals surface area (Å²) in [5.41, 5.74) is 5.54.